The maximum atomic E-state index is 6.09. The number of ether oxygens (including phenoxy) is 1. The maximum absolute atomic E-state index is 6.09. The van der Waals surface area contributed by atoms with Crippen LogP contribution in [0.3, 0.4) is 0 Å². The average Bonchev–Trinajstić information content (AvgIpc) is 2.38. The van der Waals surface area contributed by atoms with Crippen molar-refractivity contribution in [2.75, 3.05) is 11.1 Å². The summed E-state index contributed by atoms with van der Waals surface area (Å²) in [5.41, 5.74) is 8.19. The smallest absolute Gasteiger partial charge is 0.242 e. The highest BCUT2D eigenvalue weighted by Gasteiger charge is 2.11. The summed E-state index contributed by atoms with van der Waals surface area (Å²) in [7, 11) is 0. The third-order valence-corrected chi connectivity index (χ3v) is 3.04. The fourth-order valence-corrected chi connectivity index (χ4v) is 1.78. The van der Waals surface area contributed by atoms with Gasteiger partial charge in [0.1, 0.15) is 12.0 Å². The van der Waals surface area contributed by atoms with Gasteiger partial charge < -0.3 is 15.8 Å². The summed E-state index contributed by atoms with van der Waals surface area (Å²) in [6, 6.07) is 5.65. The zero-order valence-corrected chi connectivity index (χ0v) is 12.4. The largest absolute Gasteiger partial charge is 0.473 e. The summed E-state index contributed by atoms with van der Waals surface area (Å²) in [5.74, 6) is 0.867. The summed E-state index contributed by atoms with van der Waals surface area (Å²) in [6.07, 6.45) is 1.40. The number of anilines is 3. The fourth-order valence-electron chi connectivity index (χ4n) is 1.60. The third kappa shape index (κ3) is 3.30. The van der Waals surface area contributed by atoms with E-state index in [-0.39, 0.29) is 6.10 Å². The number of hydrogen-bond acceptors (Lipinski definition) is 5. The SMILES string of the molecule is Cc1ccc(Nc2ncnc(OC(C)C)c2N)cc1Cl. The summed E-state index contributed by atoms with van der Waals surface area (Å²) < 4.78 is 5.52. The third-order valence-electron chi connectivity index (χ3n) is 2.63. The van der Waals surface area contributed by atoms with Crippen LogP contribution in [0.15, 0.2) is 24.5 Å². The molecule has 6 heteroatoms. The summed E-state index contributed by atoms with van der Waals surface area (Å²) >= 11 is 6.09. The number of aromatic nitrogens is 2. The minimum atomic E-state index is -0.00568. The van der Waals surface area contributed by atoms with E-state index in [1.165, 1.54) is 6.33 Å². The van der Waals surface area contributed by atoms with Crippen molar-refractivity contribution in [3.63, 3.8) is 0 Å². The molecule has 5 nitrogen and oxygen atoms in total. The van der Waals surface area contributed by atoms with Crippen LogP contribution in [0.1, 0.15) is 19.4 Å². The van der Waals surface area contributed by atoms with Crippen molar-refractivity contribution in [3.8, 4) is 5.88 Å². The molecule has 0 aliphatic heterocycles. The van der Waals surface area contributed by atoms with Crippen LogP contribution in [0.5, 0.6) is 5.88 Å². The van der Waals surface area contributed by atoms with E-state index in [1.54, 1.807) is 0 Å². The number of nitrogens with two attached hydrogens (primary N) is 1. The Labute approximate surface area is 123 Å². The lowest BCUT2D eigenvalue weighted by Crippen LogP contribution is -2.10. The molecule has 3 N–H and O–H groups in total. The molecule has 0 spiro atoms. The molecule has 0 fully saturated rings. The Kier molecular flexibility index (Phi) is 4.29. The highest BCUT2D eigenvalue weighted by Crippen LogP contribution is 2.29. The average molecular weight is 293 g/mol. The maximum Gasteiger partial charge on any atom is 0.242 e. The number of nitrogens with zero attached hydrogens (tertiary/aromatic N) is 2. The van der Waals surface area contributed by atoms with Crippen LogP contribution in [-0.2, 0) is 0 Å². The number of halogens is 1. The summed E-state index contributed by atoms with van der Waals surface area (Å²) in [5, 5.41) is 3.80. The quantitative estimate of drug-likeness (QED) is 0.901. The Bertz CT molecular complexity index is 616. The van der Waals surface area contributed by atoms with Crippen LogP contribution in [0.4, 0.5) is 17.2 Å². The molecule has 20 heavy (non-hydrogen) atoms. The standard InChI is InChI=1S/C14H17ClN4O/c1-8(2)20-14-12(16)13(17-7-18-14)19-10-5-4-9(3)11(15)6-10/h4-8H,16H2,1-3H3,(H,17,18,19). The fraction of sp³-hybridized carbons (Fsp3) is 0.286. The van der Waals surface area contributed by atoms with Crippen LogP contribution in [0.2, 0.25) is 5.02 Å². The molecule has 0 atom stereocenters. The van der Waals surface area contributed by atoms with Crippen LogP contribution >= 0.6 is 11.6 Å². The Morgan fingerprint density at radius 3 is 2.70 bits per heavy atom. The van der Waals surface area contributed by atoms with Crippen molar-refractivity contribution in [2.24, 2.45) is 0 Å². The number of hydrogen-bond donors (Lipinski definition) is 2. The number of aryl methyl sites for hydroxylation is 1. The highest BCUT2D eigenvalue weighted by molar-refractivity contribution is 6.31. The van der Waals surface area contributed by atoms with Gasteiger partial charge in [-0.25, -0.2) is 4.98 Å². The lowest BCUT2D eigenvalue weighted by molar-refractivity contribution is 0.234. The van der Waals surface area contributed by atoms with Crippen molar-refractivity contribution in [3.05, 3.63) is 35.1 Å². The van der Waals surface area contributed by atoms with Gasteiger partial charge in [0.2, 0.25) is 5.88 Å². The zero-order valence-electron chi connectivity index (χ0n) is 11.6. The van der Waals surface area contributed by atoms with Crippen molar-refractivity contribution in [1.29, 1.82) is 0 Å². The van der Waals surface area contributed by atoms with Gasteiger partial charge in [-0.2, -0.15) is 4.98 Å². The molecule has 0 saturated carbocycles. The first kappa shape index (κ1) is 14.4. The van der Waals surface area contributed by atoms with Gasteiger partial charge in [0.05, 0.1) is 6.10 Å². The molecule has 0 aliphatic rings. The summed E-state index contributed by atoms with van der Waals surface area (Å²) in [6.45, 7) is 5.77. The number of benzene rings is 1. The van der Waals surface area contributed by atoms with Crippen LogP contribution in [0, 0.1) is 6.92 Å². The molecule has 1 aromatic carbocycles. The van der Waals surface area contributed by atoms with E-state index in [0.717, 1.165) is 11.3 Å². The zero-order chi connectivity index (χ0) is 14.7. The molecule has 0 unspecified atom stereocenters. The van der Waals surface area contributed by atoms with Gasteiger partial charge in [-0.15, -0.1) is 0 Å². The van der Waals surface area contributed by atoms with E-state index in [4.69, 9.17) is 22.1 Å². The Balaban J connectivity index is 2.27. The number of nitrogens with one attached hydrogen (secondary N) is 1. The Hall–Kier alpha value is -2.01. The lowest BCUT2D eigenvalue weighted by Gasteiger charge is -2.14. The Morgan fingerprint density at radius 2 is 2.05 bits per heavy atom. The van der Waals surface area contributed by atoms with Gasteiger partial charge in [-0.3, -0.25) is 0 Å². The molecule has 0 amide bonds. The van der Waals surface area contributed by atoms with E-state index >= 15 is 0 Å². The van der Waals surface area contributed by atoms with Crippen molar-refractivity contribution in [1.82, 2.24) is 9.97 Å². The highest BCUT2D eigenvalue weighted by atomic mass is 35.5. The molecule has 0 saturated heterocycles. The molecule has 2 aromatic rings. The van der Waals surface area contributed by atoms with E-state index in [0.29, 0.717) is 22.4 Å². The van der Waals surface area contributed by atoms with Gasteiger partial charge in [0.25, 0.3) is 0 Å². The van der Waals surface area contributed by atoms with Gasteiger partial charge in [0, 0.05) is 10.7 Å². The lowest BCUT2D eigenvalue weighted by atomic mass is 10.2. The summed E-state index contributed by atoms with van der Waals surface area (Å²) in [4.78, 5) is 8.15. The van der Waals surface area contributed by atoms with Crippen molar-refractivity contribution < 1.29 is 4.74 Å². The van der Waals surface area contributed by atoms with E-state index in [2.05, 4.69) is 15.3 Å². The molecular formula is C14H17ClN4O. The minimum Gasteiger partial charge on any atom is -0.473 e. The number of rotatable bonds is 4. The van der Waals surface area contributed by atoms with Crippen LogP contribution in [-0.4, -0.2) is 16.1 Å². The predicted molar refractivity (Wildman–Crippen MR) is 81.7 cm³/mol. The monoisotopic (exact) mass is 292 g/mol. The number of nitrogen functional groups attached to an aromatic ring is 1. The minimum absolute atomic E-state index is 0.00568. The molecule has 2 rings (SSSR count). The second-order valence-electron chi connectivity index (χ2n) is 4.70. The molecule has 106 valence electrons. The predicted octanol–water partition coefficient (Wildman–Crippen LogP) is 3.55. The van der Waals surface area contributed by atoms with E-state index in [9.17, 15) is 0 Å². The molecule has 1 aromatic heterocycles. The normalized spacial score (nSPS) is 10.7. The molecule has 0 bridgehead atoms. The second kappa shape index (κ2) is 5.96. The molecule has 0 aliphatic carbocycles. The van der Waals surface area contributed by atoms with Gasteiger partial charge in [0.15, 0.2) is 5.82 Å². The van der Waals surface area contributed by atoms with E-state index < -0.39 is 0 Å². The van der Waals surface area contributed by atoms with Crippen LogP contribution in [0.25, 0.3) is 0 Å². The molecule has 0 radical (unpaired) electrons. The molecular weight excluding hydrogens is 276 g/mol. The Morgan fingerprint density at radius 1 is 1.30 bits per heavy atom. The van der Waals surface area contributed by atoms with Crippen molar-refractivity contribution >= 4 is 28.8 Å². The topological polar surface area (TPSA) is 73.1 Å². The van der Waals surface area contributed by atoms with E-state index in [1.807, 2.05) is 39.0 Å². The van der Waals surface area contributed by atoms with Crippen molar-refractivity contribution in [2.45, 2.75) is 26.9 Å². The first-order valence-corrected chi connectivity index (χ1v) is 6.65. The van der Waals surface area contributed by atoms with Crippen LogP contribution < -0.4 is 15.8 Å². The first-order valence-electron chi connectivity index (χ1n) is 6.27. The van der Waals surface area contributed by atoms with Gasteiger partial charge >= 0.3 is 0 Å². The van der Waals surface area contributed by atoms with Gasteiger partial charge in [-0.05, 0) is 38.5 Å². The first-order chi connectivity index (χ1) is 9.47. The van der Waals surface area contributed by atoms with Gasteiger partial charge in [-0.1, -0.05) is 17.7 Å². The second-order valence-corrected chi connectivity index (χ2v) is 5.10. The molecule has 1 heterocycles.